The highest BCUT2D eigenvalue weighted by Crippen LogP contribution is 2.31. The molecule has 0 amide bonds. The summed E-state index contributed by atoms with van der Waals surface area (Å²) in [4.78, 5) is 4.92. The Labute approximate surface area is 123 Å². The number of halogens is 2. The molecule has 0 saturated carbocycles. The van der Waals surface area contributed by atoms with Crippen molar-refractivity contribution in [3.05, 3.63) is 28.8 Å². The Balaban J connectivity index is 2.24. The van der Waals surface area contributed by atoms with Gasteiger partial charge >= 0.3 is 0 Å². The average Bonchev–Trinajstić information content (AvgIpc) is 2.39. The van der Waals surface area contributed by atoms with Gasteiger partial charge in [0.1, 0.15) is 0 Å². The lowest BCUT2D eigenvalue weighted by Crippen LogP contribution is -2.51. The molecule has 0 aliphatic carbocycles. The zero-order chi connectivity index (χ0) is 13.1. The predicted octanol–water partition coefficient (Wildman–Crippen LogP) is 3.77. The number of rotatable bonds is 3. The summed E-state index contributed by atoms with van der Waals surface area (Å²) < 4.78 is 0. The zero-order valence-electron chi connectivity index (χ0n) is 11.0. The molecule has 1 aromatic carbocycles. The van der Waals surface area contributed by atoms with Crippen LogP contribution in [0.4, 0.5) is 5.69 Å². The largest absolute Gasteiger partial charge is 0.368 e. The van der Waals surface area contributed by atoms with Gasteiger partial charge in [-0.15, -0.1) is 0 Å². The number of likely N-dealkylation sites (N-methyl/N-ethyl adjacent to an activating group) is 1. The number of benzene rings is 1. The SMILES string of the molecule is CCC1CN(c2cccc(Cl)c2CBr)CCN1C. The Morgan fingerprint density at radius 3 is 2.83 bits per heavy atom. The third-order valence-corrected chi connectivity index (χ3v) is 4.73. The molecule has 18 heavy (non-hydrogen) atoms. The maximum Gasteiger partial charge on any atom is 0.0467 e. The first kappa shape index (κ1) is 14.2. The molecule has 0 radical (unpaired) electrons. The Kier molecular flexibility index (Phi) is 4.93. The van der Waals surface area contributed by atoms with Crippen LogP contribution in [-0.4, -0.2) is 37.6 Å². The standard InChI is InChI=1S/C14H20BrClN2/c1-3-11-10-18(8-7-17(11)2)14-6-4-5-13(16)12(14)9-15/h4-6,11H,3,7-10H2,1-2H3. The first-order valence-corrected chi connectivity index (χ1v) is 7.95. The maximum absolute atomic E-state index is 6.28. The van der Waals surface area contributed by atoms with Crippen molar-refractivity contribution < 1.29 is 0 Å². The number of alkyl halides is 1. The van der Waals surface area contributed by atoms with Gasteiger partial charge in [0.15, 0.2) is 0 Å². The smallest absolute Gasteiger partial charge is 0.0467 e. The van der Waals surface area contributed by atoms with Gasteiger partial charge in [-0.05, 0) is 25.6 Å². The molecule has 1 aliphatic rings. The lowest BCUT2D eigenvalue weighted by molar-refractivity contribution is 0.213. The molecular weight excluding hydrogens is 312 g/mol. The van der Waals surface area contributed by atoms with Crippen LogP contribution in [0.3, 0.4) is 0 Å². The van der Waals surface area contributed by atoms with Gasteiger partial charge in [0.05, 0.1) is 0 Å². The summed E-state index contributed by atoms with van der Waals surface area (Å²) in [5.41, 5.74) is 2.49. The van der Waals surface area contributed by atoms with E-state index in [9.17, 15) is 0 Å². The van der Waals surface area contributed by atoms with E-state index >= 15 is 0 Å². The van der Waals surface area contributed by atoms with Gasteiger partial charge < -0.3 is 4.90 Å². The third-order valence-electron chi connectivity index (χ3n) is 3.82. The molecule has 0 spiro atoms. The van der Waals surface area contributed by atoms with Crippen molar-refractivity contribution >= 4 is 33.2 Å². The van der Waals surface area contributed by atoms with Crippen LogP contribution >= 0.6 is 27.5 Å². The first-order valence-electron chi connectivity index (χ1n) is 6.46. The predicted molar refractivity (Wildman–Crippen MR) is 83.0 cm³/mol. The summed E-state index contributed by atoms with van der Waals surface area (Å²) in [6.45, 7) is 5.54. The van der Waals surface area contributed by atoms with Crippen molar-refractivity contribution in [1.29, 1.82) is 0 Å². The van der Waals surface area contributed by atoms with Crippen molar-refractivity contribution in [2.45, 2.75) is 24.7 Å². The molecule has 0 bridgehead atoms. The number of hydrogen-bond donors (Lipinski definition) is 0. The first-order chi connectivity index (χ1) is 8.67. The minimum Gasteiger partial charge on any atom is -0.368 e. The van der Waals surface area contributed by atoms with E-state index in [1.165, 1.54) is 17.7 Å². The van der Waals surface area contributed by atoms with Crippen LogP contribution < -0.4 is 4.90 Å². The second-order valence-corrected chi connectivity index (χ2v) is 5.83. The summed E-state index contributed by atoms with van der Waals surface area (Å²) >= 11 is 9.83. The van der Waals surface area contributed by atoms with Crippen LogP contribution in [0.1, 0.15) is 18.9 Å². The highest BCUT2D eigenvalue weighted by molar-refractivity contribution is 9.08. The average molecular weight is 332 g/mol. The van der Waals surface area contributed by atoms with E-state index < -0.39 is 0 Å². The maximum atomic E-state index is 6.28. The Morgan fingerprint density at radius 2 is 2.17 bits per heavy atom. The van der Waals surface area contributed by atoms with Gasteiger partial charge in [0.25, 0.3) is 0 Å². The molecule has 100 valence electrons. The molecule has 0 N–H and O–H groups in total. The second kappa shape index (κ2) is 6.27. The third kappa shape index (κ3) is 2.84. The molecule has 1 aliphatic heterocycles. The normalized spacial score (nSPS) is 21.3. The molecule has 2 nitrogen and oxygen atoms in total. The van der Waals surface area contributed by atoms with Gasteiger partial charge in [-0.3, -0.25) is 4.90 Å². The molecule has 1 heterocycles. The summed E-state index contributed by atoms with van der Waals surface area (Å²) in [5.74, 6) is 0. The Hall–Kier alpha value is -0.250. The fourth-order valence-electron chi connectivity index (χ4n) is 2.58. The van der Waals surface area contributed by atoms with Crippen molar-refractivity contribution in [2.75, 3.05) is 31.6 Å². The van der Waals surface area contributed by atoms with E-state index in [1.807, 2.05) is 12.1 Å². The van der Waals surface area contributed by atoms with Gasteiger partial charge in [-0.25, -0.2) is 0 Å². The molecule has 1 aromatic rings. The Bertz CT molecular complexity index is 411. The minimum atomic E-state index is 0.640. The molecular formula is C14H20BrClN2. The minimum absolute atomic E-state index is 0.640. The van der Waals surface area contributed by atoms with Crippen molar-refractivity contribution in [2.24, 2.45) is 0 Å². The molecule has 1 saturated heterocycles. The lowest BCUT2D eigenvalue weighted by Gasteiger charge is -2.41. The number of nitrogens with zero attached hydrogens (tertiary/aromatic N) is 2. The van der Waals surface area contributed by atoms with E-state index in [0.29, 0.717) is 6.04 Å². The van der Waals surface area contributed by atoms with Gasteiger partial charge in [0.2, 0.25) is 0 Å². The van der Waals surface area contributed by atoms with E-state index in [2.05, 4.69) is 45.8 Å². The second-order valence-electron chi connectivity index (χ2n) is 4.86. The topological polar surface area (TPSA) is 6.48 Å². The summed E-state index contributed by atoms with van der Waals surface area (Å²) in [5, 5.41) is 1.67. The highest BCUT2D eigenvalue weighted by Gasteiger charge is 2.24. The van der Waals surface area contributed by atoms with Crippen LogP contribution in [-0.2, 0) is 5.33 Å². The molecule has 4 heteroatoms. The lowest BCUT2D eigenvalue weighted by atomic mass is 10.1. The monoisotopic (exact) mass is 330 g/mol. The van der Waals surface area contributed by atoms with Crippen LogP contribution in [0.5, 0.6) is 0 Å². The molecule has 2 rings (SSSR count). The van der Waals surface area contributed by atoms with Crippen molar-refractivity contribution in [3.63, 3.8) is 0 Å². The number of anilines is 1. The van der Waals surface area contributed by atoms with E-state index in [-0.39, 0.29) is 0 Å². The van der Waals surface area contributed by atoms with Crippen molar-refractivity contribution in [3.8, 4) is 0 Å². The van der Waals surface area contributed by atoms with Gasteiger partial charge in [-0.2, -0.15) is 0 Å². The molecule has 1 fully saturated rings. The molecule has 1 atom stereocenters. The number of piperazine rings is 1. The Morgan fingerprint density at radius 1 is 1.39 bits per heavy atom. The van der Waals surface area contributed by atoms with E-state index in [0.717, 1.165) is 30.0 Å². The summed E-state index contributed by atoms with van der Waals surface area (Å²) in [6, 6.07) is 6.83. The summed E-state index contributed by atoms with van der Waals surface area (Å²) in [6.07, 6.45) is 1.19. The fraction of sp³-hybridized carbons (Fsp3) is 0.571. The summed E-state index contributed by atoms with van der Waals surface area (Å²) in [7, 11) is 2.22. The van der Waals surface area contributed by atoms with Crippen LogP contribution in [0.15, 0.2) is 18.2 Å². The van der Waals surface area contributed by atoms with Crippen LogP contribution in [0.2, 0.25) is 5.02 Å². The molecule has 1 unspecified atom stereocenters. The van der Waals surface area contributed by atoms with E-state index in [4.69, 9.17) is 11.6 Å². The quantitative estimate of drug-likeness (QED) is 0.778. The van der Waals surface area contributed by atoms with Crippen LogP contribution in [0.25, 0.3) is 0 Å². The zero-order valence-corrected chi connectivity index (χ0v) is 13.3. The van der Waals surface area contributed by atoms with Crippen molar-refractivity contribution in [1.82, 2.24) is 4.90 Å². The highest BCUT2D eigenvalue weighted by atomic mass is 79.9. The van der Waals surface area contributed by atoms with Gasteiger partial charge in [0, 0.05) is 47.3 Å². The molecule has 0 aromatic heterocycles. The van der Waals surface area contributed by atoms with Gasteiger partial charge in [-0.1, -0.05) is 40.5 Å². The fourth-order valence-corrected chi connectivity index (χ4v) is 3.57. The van der Waals surface area contributed by atoms with Crippen LogP contribution in [0, 0.1) is 0 Å². The van der Waals surface area contributed by atoms with E-state index in [1.54, 1.807) is 0 Å². The number of hydrogen-bond acceptors (Lipinski definition) is 2.